The molecule has 1 aromatic rings. The van der Waals surface area contributed by atoms with Crippen molar-refractivity contribution in [1.82, 2.24) is 4.31 Å². The normalized spacial score (nSPS) is 17.4. The van der Waals surface area contributed by atoms with E-state index in [0.29, 0.717) is 19.5 Å². The molecule has 0 radical (unpaired) electrons. The van der Waals surface area contributed by atoms with Gasteiger partial charge >= 0.3 is 0 Å². The second-order valence-electron chi connectivity index (χ2n) is 6.96. The Hall–Kier alpha value is -2.08. The van der Waals surface area contributed by atoms with Gasteiger partial charge in [-0.3, -0.25) is 4.79 Å². The van der Waals surface area contributed by atoms with Gasteiger partial charge in [-0.25, -0.2) is 8.42 Å². The highest BCUT2D eigenvalue weighted by Gasteiger charge is 2.40. The molecule has 1 aliphatic rings. The monoisotopic (exact) mass is 407 g/mol. The van der Waals surface area contributed by atoms with Crippen LogP contribution in [-0.4, -0.2) is 61.3 Å². The number of piperazine rings is 1. The van der Waals surface area contributed by atoms with Crippen molar-refractivity contribution in [2.45, 2.75) is 38.2 Å². The molecule has 1 amide bonds. The lowest BCUT2D eigenvalue weighted by molar-refractivity contribution is -0.129. The first-order valence-electron chi connectivity index (χ1n) is 9.58. The van der Waals surface area contributed by atoms with Crippen LogP contribution < -0.4 is 10.6 Å². The Bertz CT molecular complexity index is 809. The van der Waals surface area contributed by atoms with Crippen LogP contribution in [0.25, 0.3) is 0 Å². The number of carbonyl (C=O) groups is 1. The molecule has 1 aromatic carbocycles. The minimum absolute atomic E-state index is 0.274. The van der Waals surface area contributed by atoms with E-state index in [9.17, 15) is 18.3 Å². The number of anilines is 1. The first kappa shape index (κ1) is 22.2. The first-order valence-corrected chi connectivity index (χ1v) is 11.2. The van der Waals surface area contributed by atoms with Gasteiger partial charge < -0.3 is 15.7 Å². The molecule has 1 atom stereocenters. The van der Waals surface area contributed by atoms with E-state index in [2.05, 4.69) is 23.7 Å². The minimum atomic E-state index is -3.89. The Morgan fingerprint density at radius 3 is 2.39 bits per heavy atom. The van der Waals surface area contributed by atoms with Gasteiger partial charge in [0.1, 0.15) is 5.75 Å². The molecule has 2 rings (SSSR count). The van der Waals surface area contributed by atoms with Crippen molar-refractivity contribution in [2.75, 3.05) is 36.8 Å². The number of nitrogens with zero attached hydrogens (tertiary/aromatic N) is 2. The third kappa shape index (κ3) is 5.96. The van der Waals surface area contributed by atoms with E-state index < -0.39 is 27.3 Å². The van der Waals surface area contributed by atoms with Gasteiger partial charge in [0.05, 0.1) is 0 Å². The van der Waals surface area contributed by atoms with Gasteiger partial charge in [0.25, 0.3) is 5.91 Å². The number of sulfonamides is 1. The fourth-order valence-corrected chi connectivity index (χ4v) is 4.70. The topological polar surface area (TPSA) is 104 Å². The highest BCUT2D eigenvalue weighted by molar-refractivity contribution is 7.89. The molecule has 1 unspecified atom stereocenters. The van der Waals surface area contributed by atoms with Gasteiger partial charge in [-0.05, 0) is 18.6 Å². The lowest BCUT2D eigenvalue weighted by Crippen LogP contribution is -2.55. The van der Waals surface area contributed by atoms with Crippen molar-refractivity contribution >= 4 is 21.6 Å². The molecule has 0 spiro atoms. The van der Waals surface area contributed by atoms with Crippen molar-refractivity contribution in [3.63, 3.8) is 0 Å². The highest BCUT2D eigenvalue weighted by Crippen LogP contribution is 2.19. The molecule has 0 aromatic heterocycles. The number of para-hydroxylation sites is 1. The fraction of sp³-hybridized carbons (Fsp3) is 0.550. The largest absolute Gasteiger partial charge is 0.369 e. The van der Waals surface area contributed by atoms with Crippen molar-refractivity contribution in [2.24, 2.45) is 5.73 Å². The number of hydrogen-bond acceptors (Lipinski definition) is 5. The van der Waals surface area contributed by atoms with Crippen molar-refractivity contribution in [1.29, 1.82) is 0 Å². The summed E-state index contributed by atoms with van der Waals surface area (Å²) in [6, 6.07) is 9.75. The van der Waals surface area contributed by atoms with Gasteiger partial charge in [-0.2, -0.15) is 4.31 Å². The first-order chi connectivity index (χ1) is 13.3. The Labute approximate surface area is 167 Å². The highest BCUT2D eigenvalue weighted by atomic mass is 32.2. The molecule has 0 saturated carbocycles. The molecule has 1 aliphatic heterocycles. The summed E-state index contributed by atoms with van der Waals surface area (Å²) in [5.41, 5.74) is 3.92. The van der Waals surface area contributed by atoms with Crippen molar-refractivity contribution in [3.05, 3.63) is 30.3 Å². The molecule has 1 heterocycles. The summed E-state index contributed by atoms with van der Waals surface area (Å²) in [6.07, 6.45) is 3.31. The van der Waals surface area contributed by atoms with Crippen molar-refractivity contribution < 1.29 is 18.3 Å². The third-order valence-electron chi connectivity index (χ3n) is 4.75. The Morgan fingerprint density at radius 2 is 1.82 bits per heavy atom. The van der Waals surface area contributed by atoms with E-state index in [1.165, 1.54) is 4.31 Å². The van der Waals surface area contributed by atoms with Crippen LogP contribution in [0.5, 0.6) is 0 Å². The quantitative estimate of drug-likeness (QED) is 0.493. The lowest BCUT2D eigenvalue weighted by Gasteiger charge is -2.36. The van der Waals surface area contributed by atoms with E-state index in [0.717, 1.165) is 24.9 Å². The summed E-state index contributed by atoms with van der Waals surface area (Å²) in [7, 11) is -3.89. The lowest BCUT2D eigenvalue weighted by atomic mass is 10.1. The predicted octanol–water partition coefficient (Wildman–Crippen LogP) is 0.939. The zero-order valence-electron chi connectivity index (χ0n) is 16.3. The predicted molar refractivity (Wildman–Crippen MR) is 110 cm³/mol. The maximum Gasteiger partial charge on any atom is 0.263 e. The van der Waals surface area contributed by atoms with Crippen LogP contribution >= 0.6 is 0 Å². The number of rotatable bonds is 8. The van der Waals surface area contributed by atoms with Gasteiger partial charge in [-0.15, -0.1) is 0 Å². The van der Waals surface area contributed by atoms with Gasteiger partial charge in [0.2, 0.25) is 15.6 Å². The van der Waals surface area contributed by atoms with Crippen LogP contribution in [0.3, 0.4) is 0 Å². The number of amides is 1. The van der Waals surface area contributed by atoms with Gasteiger partial charge in [0.15, 0.2) is 0 Å². The Balaban J connectivity index is 2.01. The molecular weight excluding hydrogens is 378 g/mol. The van der Waals surface area contributed by atoms with Crippen LogP contribution in [0.2, 0.25) is 0 Å². The summed E-state index contributed by atoms with van der Waals surface area (Å²) >= 11 is 0. The minimum Gasteiger partial charge on any atom is -0.369 e. The summed E-state index contributed by atoms with van der Waals surface area (Å²) in [4.78, 5) is 13.8. The average Bonchev–Trinajstić information content (AvgIpc) is 2.68. The fourth-order valence-electron chi connectivity index (χ4n) is 3.06. The standard InChI is InChI=1S/C20H29N3O4S/c1-2-3-4-5-9-12-20(25,19(21)24)17-28(26,27)23-15-13-22(14-16-23)18-10-7-6-8-11-18/h6-8,10-11,25H,2-5,13-17H2,1H3,(H2,21,24). The zero-order valence-corrected chi connectivity index (χ0v) is 17.1. The third-order valence-corrected chi connectivity index (χ3v) is 6.69. The molecule has 0 bridgehead atoms. The molecule has 0 aliphatic carbocycles. The van der Waals surface area contributed by atoms with E-state index in [1.54, 1.807) is 0 Å². The number of primary amides is 1. The summed E-state index contributed by atoms with van der Waals surface area (Å²) in [5.74, 6) is 3.15. The average molecular weight is 408 g/mol. The number of nitrogens with two attached hydrogens (primary N) is 1. The number of aliphatic hydroxyl groups is 1. The van der Waals surface area contributed by atoms with E-state index in [4.69, 9.17) is 5.73 Å². The molecule has 154 valence electrons. The van der Waals surface area contributed by atoms with E-state index in [1.807, 2.05) is 30.3 Å². The van der Waals surface area contributed by atoms with Crippen LogP contribution in [0.15, 0.2) is 30.3 Å². The summed E-state index contributed by atoms with van der Waals surface area (Å²) in [6.45, 7) is 3.66. The summed E-state index contributed by atoms with van der Waals surface area (Å²) < 4.78 is 26.8. The van der Waals surface area contributed by atoms with E-state index in [-0.39, 0.29) is 13.1 Å². The van der Waals surface area contributed by atoms with Crippen molar-refractivity contribution in [3.8, 4) is 11.8 Å². The number of unbranched alkanes of at least 4 members (excludes halogenated alkanes) is 3. The van der Waals surface area contributed by atoms with Crippen LogP contribution in [0.4, 0.5) is 5.69 Å². The number of hydrogen-bond donors (Lipinski definition) is 2. The number of carbonyl (C=O) groups excluding carboxylic acids is 1. The van der Waals surface area contributed by atoms with Crippen LogP contribution in [0, 0.1) is 11.8 Å². The summed E-state index contributed by atoms with van der Waals surface area (Å²) in [5, 5.41) is 10.5. The molecular formula is C20H29N3O4S. The Kier molecular flexibility index (Phi) is 7.87. The maximum absolute atomic E-state index is 12.8. The Morgan fingerprint density at radius 1 is 1.18 bits per heavy atom. The smallest absolute Gasteiger partial charge is 0.263 e. The molecule has 28 heavy (non-hydrogen) atoms. The van der Waals surface area contributed by atoms with Gasteiger partial charge in [-0.1, -0.05) is 49.8 Å². The second-order valence-corrected chi connectivity index (χ2v) is 8.93. The van der Waals surface area contributed by atoms with Gasteiger partial charge in [0, 0.05) is 38.3 Å². The maximum atomic E-state index is 12.8. The molecule has 1 fully saturated rings. The second kappa shape index (κ2) is 9.92. The van der Waals surface area contributed by atoms with Crippen LogP contribution in [0.1, 0.15) is 32.6 Å². The van der Waals surface area contributed by atoms with Crippen LogP contribution in [-0.2, 0) is 14.8 Å². The zero-order chi connectivity index (χ0) is 20.6. The number of benzene rings is 1. The molecule has 8 heteroatoms. The molecule has 3 N–H and O–H groups in total. The molecule has 1 saturated heterocycles. The SMILES string of the molecule is CCCCCC#CC(O)(CS(=O)(=O)N1CCN(c2ccccc2)CC1)C(N)=O. The molecule has 7 nitrogen and oxygen atoms in total. The van der Waals surface area contributed by atoms with E-state index >= 15 is 0 Å².